The van der Waals surface area contributed by atoms with Crippen molar-refractivity contribution >= 4 is 23.4 Å². The second-order valence-electron chi connectivity index (χ2n) is 6.21. The molecule has 0 radical (unpaired) electrons. The van der Waals surface area contributed by atoms with E-state index in [9.17, 15) is 0 Å². The van der Waals surface area contributed by atoms with Gasteiger partial charge in [0, 0.05) is 22.0 Å². The average Bonchev–Trinajstić information content (AvgIpc) is 2.33. The third-order valence-electron chi connectivity index (χ3n) is 4.57. The van der Waals surface area contributed by atoms with Crippen LogP contribution in [-0.2, 0) is 0 Å². The van der Waals surface area contributed by atoms with E-state index in [2.05, 4.69) is 31.3 Å². The zero-order valence-corrected chi connectivity index (χ0v) is 13.2. The van der Waals surface area contributed by atoms with Gasteiger partial charge in [0.05, 0.1) is 0 Å². The van der Waals surface area contributed by atoms with Gasteiger partial charge in [-0.25, -0.2) is 0 Å². The minimum Gasteiger partial charge on any atom is -0.307 e. The molecule has 104 valence electrons. The lowest BCUT2D eigenvalue weighted by molar-refractivity contribution is 0.155. The number of hydrogen-bond donors (Lipinski definition) is 1. The van der Waals surface area contributed by atoms with Crippen LogP contribution >= 0.6 is 23.4 Å². The van der Waals surface area contributed by atoms with E-state index in [0.29, 0.717) is 12.1 Å². The summed E-state index contributed by atoms with van der Waals surface area (Å²) in [4.78, 5) is 1.41. The maximum Gasteiger partial charge on any atom is 0.0410 e. The van der Waals surface area contributed by atoms with Crippen molar-refractivity contribution in [2.75, 3.05) is 5.75 Å². The van der Waals surface area contributed by atoms with Crippen molar-refractivity contribution in [3.8, 4) is 0 Å². The zero-order valence-electron chi connectivity index (χ0n) is 11.7. The predicted molar refractivity (Wildman–Crippen MR) is 84.0 cm³/mol. The fourth-order valence-electron chi connectivity index (χ4n) is 3.17. The van der Waals surface area contributed by atoms with Crippen LogP contribution < -0.4 is 5.32 Å². The fourth-order valence-corrected chi connectivity index (χ4v) is 4.45. The van der Waals surface area contributed by atoms with Crippen LogP contribution in [0.3, 0.4) is 0 Å². The van der Waals surface area contributed by atoms with Crippen LogP contribution in [0.5, 0.6) is 0 Å². The van der Waals surface area contributed by atoms with Gasteiger partial charge in [-0.2, -0.15) is 0 Å². The number of fused-ring (bicyclic) bond motifs is 1. The van der Waals surface area contributed by atoms with Crippen molar-refractivity contribution in [3.05, 3.63) is 28.8 Å². The SMILES string of the molecule is CC(C)C1CC(NC2CCSc3ccc(Cl)cc32)C1. The summed E-state index contributed by atoms with van der Waals surface area (Å²) in [6, 6.07) is 7.56. The van der Waals surface area contributed by atoms with Gasteiger partial charge < -0.3 is 5.32 Å². The molecular formula is C16H22ClNS. The number of rotatable bonds is 3. The highest BCUT2D eigenvalue weighted by atomic mass is 35.5. The van der Waals surface area contributed by atoms with Gasteiger partial charge in [-0.3, -0.25) is 0 Å². The molecule has 3 heteroatoms. The summed E-state index contributed by atoms with van der Waals surface area (Å²) in [5.74, 6) is 2.98. The summed E-state index contributed by atoms with van der Waals surface area (Å²) in [7, 11) is 0. The number of nitrogens with one attached hydrogen (secondary N) is 1. The maximum atomic E-state index is 6.15. The summed E-state index contributed by atoms with van der Waals surface area (Å²) < 4.78 is 0. The van der Waals surface area contributed by atoms with Crippen LogP contribution in [0.1, 0.15) is 44.7 Å². The largest absolute Gasteiger partial charge is 0.307 e. The lowest BCUT2D eigenvalue weighted by Crippen LogP contribution is -2.45. The third-order valence-corrected chi connectivity index (χ3v) is 5.92. The molecule has 0 spiro atoms. The summed E-state index contributed by atoms with van der Waals surface area (Å²) in [5.41, 5.74) is 1.41. The second kappa shape index (κ2) is 5.67. The molecule has 1 N–H and O–H groups in total. The normalized spacial score (nSPS) is 30.0. The molecule has 19 heavy (non-hydrogen) atoms. The Balaban J connectivity index is 1.66. The van der Waals surface area contributed by atoms with E-state index in [1.54, 1.807) is 0 Å². The Labute approximate surface area is 125 Å². The molecule has 1 aromatic rings. The van der Waals surface area contributed by atoms with Gasteiger partial charge in [-0.1, -0.05) is 25.4 Å². The van der Waals surface area contributed by atoms with Gasteiger partial charge in [0.15, 0.2) is 0 Å². The minimum absolute atomic E-state index is 0.507. The van der Waals surface area contributed by atoms with E-state index in [0.717, 1.165) is 16.9 Å². The van der Waals surface area contributed by atoms with Crippen LogP contribution in [0.2, 0.25) is 5.02 Å². The Kier molecular flexibility index (Phi) is 4.11. The standard InChI is InChI=1S/C16H22ClNS/c1-10(2)11-7-13(8-11)18-15-5-6-19-16-4-3-12(17)9-14(15)16/h3-4,9-11,13,15,18H,5-8H2,1-2H3. The van der Waals surface area contributed by atoms with Crippen LogP contribution in [0, 0.1) is 11.8 Å². The monoisotopic (exact) mass is 295 g/mol. The van der Waals surface area contributed by atoms with Crippen LogP contribution in [0.15, 0.2) is 23.1 Å². The summed E-state index contributed by atoms with van der Waals surface area (Å²) in [5, 5.41) is 4.71. The smallest absolute Gasteiger partial charge is 0.0410 e. The molecule has 0 amide bonds. The van der Waals surface area contributed by atoms with E-state index in [4.69, 9.17) is 11.6 Å². The predicted octanol–water partition coefficient (Wildman–Crippen LogP) is 4.90. The molecular weight excluding hydrogens is 274 g/mol. The molecule has 3 rings (SSSR count). The molecule has 0 saturated heterocycles. The van der Waals surface area contributed by atoms with Crippen molar-refractivity contribution in [1.82, 2.24) is 5.32 Å². The number of hydrogen-bond acceptors (Lipinski definition) is 2. The van der Waals surface area contributed by atoms with Gasteiger partial charge in [-0.15, -0.1) is 11.8 Å². The quantitative estimate of drug-likeness (QED) is 0.851. The van der Waals surface area contributed by atoms with Crippen LogP contribution in [0.4, 0.5) is 0 Å². The zero-order chi connectivity index (χ0) is 13.4. The van der Waals surface area contributed by atoms with Gasteiger partial charge in [-0.05, 0) is 60.6 Å². The molecule has 1 saturated carbocycles. The van der Waals surface area contributed by atoms with Gasteiger partial charge in [0.1, 0.15) is 0 Å². The molecule has 0 aromatic heterocycles. The number of thioether (sulfide) groups is 1. The van der Waals surface area contributed by atoms with E-state index in [1.165, 1.54) is 35.5 Å². The third kappa shape index (κ3) is 2.96. The molecule has 0 bridgehead atoms. The molecule has 1 unspecified atom stereocenters. The minimum atomic E-state index is 0.507. The van der Waals surface area contributed by atoms with Gasteiger partial charge in [0.2, 0.25) is 0 Å². The molecule has 1 aliphatic carbocycles. The van der Waals surface area contributed by atoms with Crippen molar-refractivity contribution < 1.29 is 0 Å². The molecule has 1 atom stereocenters. The molecule has 2 aliphatic rings. The Morgan fingerprint density at radius 1 is 1.32 bits per heavy atom. The lowest BCUT2D eigenvalue weighted by Gasteiger charge is -2.41. The summed E-state index contributed by atoms with van der Waals surface area (Å²) in [6.45, 7) is 4.68. The summed E-state index contributed by atoms with van der Waals surface area (Å²) in [6.07, 6.45) is 3.91. The lowest BCUT2D eigenvalue weighted by atomic mass is 9.73. The van der Waals surface area contributed by atoms with Gasteiger partial charge in [0.25, 0.3) is 0 Å². The van der Waals surface area contributed by atoms with Crippen molar-refractivity contribution in [2.45, 2.75) is 50.1 Å². The fraction of sp³-hybridized carbons (Fsp3) is 0.625. The first-order valence-corrected chi connectivity index (χ1v) is 8.68. The Bertz CT molecular complexity index is 454. The Hall–Kier alpha value is -0.180. The molecule has 1 fully saturated rings. The molecule has 1 heterocycles. The van der Waals surface area contributed by atoms with Crippen molar-refractivity contribution in [1.29, 1.82) is 0 Å². The molecule has 1 aromatic carbocycles. The number of benzene rings is 1. The second-order valence-corrected chi connectivity index (χ2v) is 7.78. The first-order valence-electron chi connectivity index (χ1n) is 7.32. The van der Waals surface area contributed by atoms with E-state index >= 15 is 0 Å². The van der Waals surface area contributed by atoms with Gasteiger partial charge >= 0.3 is 0 Å². The maximum absolute atomic E-state index is 6.15. The highest BCUT2D eigenvalue weighted by Gasteiger charge is 2.33. The van der Waals surface area contributed by atoms with Crippen LogP contribution in [-0.4, -0.2) is 11.8 Å². The van der Waals surface area contributed by atoms with Crippen molar-refractivity contribution in [3.63, 3.8) is 0 Å². The molecule has 1 nitrogen and oxygen atoms in total. The van der Waals surface area contributed by atoms with Crippen molar-refractivity contribution in [2.24, 2.45) is 11.8 Å². The van der Waals surface area contributed by atoms with E-state index in [1.807, 2.05) is 17.8 Å². The summed E-state index contributed by atoms with van der Waals surface area (Å²) >= 11 is 8.11. The first kappa shape index (κ1) is 13.8. The topological polar surface area (TPSA) is 12.0 Å². The average molecular weight is 296 g/mol. The Morgan fingerprint density at radius 2 is 2.11 bits per heavy atom. The van der Waals surface area contributed by atoms with Crippen LogP contribution in [0.25, 0.3) is 0 Å². The molecule has 1 aliphatic heterocycles. The number of halogens is 1. The Morgan fingerprint density at radius 3 is 2.84 bits per heavy atom. The van der Waals surface area contributed by atoms with E-state index < -0.39 is 0 Å². The first-order chi connectivity index (χ1) is 9.13. The highest BCUT2D eigenvalue weighted by Crippen LogP contribution is 2.40. The highest BCUT2D eigenvalue weighted by molar-refractivity contribution is 7.99. The van der Waals surface area contributed by atoms with E-state index in [-0.39, 0.29) is 0 Å².